The number of Topliss-reactive ketones (excluding diaryl/α,β-unsaturated/α-hetero) is 1. The molecule has 1 saturated heterocycles. The lowest BCUT2D eigenvalue weighted by Gasteiger charge is -2.32. The molecule has 0 unspecified atom stereocenters. The zero-order valence-electron chi connectivity index (χ0n) is 7.71. The Kier molecular flexibility index (Phi) is 2.34. The SMILES string of the molecule is O=C1C[C@@H]([C@H]2CCCCCC2=O)N1. The fraction of sp³-hybridized carbons (Fsp3) is 0.800. The predicted octanol–water partition coefficient (Wildman–Crippen LogP) is 1.02. The Hall–Kier alpha value is -0.860. The van der Waals surface area contributed by atoms with Crippen molar-refractivity contribution in [2.75, 3.05) is 0 Å². The number of nitrogens with one attached hydrogen (secondary N) is 1. The predicted molar refractivity (Wildman–Crippen MR) is 48.1 cm³/mol. The molecule has 0 radical (unpaired) electrons. The Morgan fingerprint density at radius 2 is 1.92 bits per heavy atom. The van der Waals surface area contributed by atoms with Gasteiger partial charge in [-0.3, -0.25) is 9.59 Å². The van der Waals surface area contributed by atoms with Gasteiger partial charge in [-0.1, -0.05) is 12.8 Å². The number of carbonyl (C=O) groups excluding carboxylic acids is 2. The topological polar surface area (TPSA) is 46.2 Å². The van der Waals surface area contributed by atoms with Crippen LogP contribution in [0.5, 0.6) is 0 Å². The maximum absolute atomic E-state index is 11.6. The molecule has 0 spiro atoms. The Morgan fingerprint density at radius 3 is 2.62 bits per heavy atom. The second-order valence-electron chi connectivity index (χ2n) is 4.05. The van der Waals surface area contributed by atoms with Crippen LogP contribution in [0.4, 0.5) is 0 Å². The molecule has 3 heteroatoms. The van der Waals surface area contributed by atoms with E-state index in [0.29, 0.717) is 12.2 Å². The first-order valence-corrected chi connectivity index (χ1v) is 5.09. The zero-order valence-corrected chi connectivity index (χ0v) is 7.71. The molecule has 3 nitrogen and oxygen atoms in total. The molecule has 2 atom stereocenters. The molecular weight excluding hydrogens is 166 g/mol. The number of hydrogen-bond donors (Lipinski definition) is 1. The highest BCUT2D eigenvalue weighted by molar-refractivity contribution is 5.88. The van der Waals surface area contributed by atoms with Gasteiger partial charge in [0.15, 0.2) is 0 Å². The van der Waals surface area contributed by atoms with Gasteiger partial charge in [-0.05, 0) is 12.8 Å². The van der Waals surface area contributed by atoms with Crippen molar-refractivity contribution < 1.29 is 9.59 Å². The third-order valence-electron chi connectivity index (χ3n) is 3.09. The molecule has 1 aliphatic heterocycles. The van der Waals surface area contributed by atoms with Crippen LogP contribution in [0, 0.1) is 5.92 Å². The molecule has 13 heavy (non-hydrogen) atoms. The molecule has 2 fully saturated rings. The van der Waals surface area contributed by atoms with E-state index in [1.54, 1.807) is 0 Å². The fourth-order valence-electron chi connectivity index (χ4n) is 2.24. The van der Waals surface area contributed by atoms with Crippen LogP contribution in [0.15, 0.2) is 0 Å². The van der Waals surface area contributed by atoms with Gasteiger partial charge in [-0.25, -0.2) is 0 Å². The van der Waals surface area contributed by atoms with Crippen LogP contribution in [0.3, 0.4) is 0 Å². The van der Waals surface area contributed by atoms with E-state index in [-0.39, 0.29) is 17.9 Å². The average molecular weight is 181 g/mol. The molecule has 0 aromatic heterocycles. The van der Waals surface area contributed by atoms with Crippen LogP contribution < -0.4 is 5.32 Å². The van der Waals surface area contributed by atoms with E-state index in [9.17, 15) is 9.59 Å². The quantitative estimate of drug-likeness (QED) is 0.485. The van der Waals surface area contributed by atoms with Crippen molar-refractivity contribution >= 4 is 11.7 Å². The van der Waals surface area contributed by atoms with Gasteiger partial charge >= 0.3 is 0 Å². The first kappa shape index (κ1) is 8.73. The summed E-state index contributed by atoms with van der Waals surface area (Å²) in [6.07, 6.45) is 5.61. The monoisotopic (exact) mass is 181 g/mol. The van der Waals surface area contributed by atoms with Gasteiger partial charge in [0.05, 0.1) is 0 Å². The van der Waals surface area contributed by atoms with E-state index < -0.39 is 0 Å². The van der Waals surface area contributed by atoms with Crippen LogP contribution in [-0.2, 0) is 9.59 Å². The van der Waals surface area contributed by atoms with E-state index in [2.05, 4.69) is 5.32 Å². The molecule has 2 aliphatic rings. The summed E-state index contributed by atoms with van der Waals surface area (Å²) in [5.41, 5.74) is 0. The van der Waals surface area contributed by atoms with Crippen LogP contribution >= 0.6 is 0 Å². The smallest absolute Gasteiger partial charge is 0.222 e. The van der Waals surface area contributed by atoms with Crippen LogP contribution in [0.2, 0.25) is 0 Å². The first-order chi connectivity index (χ1) is 6.27. The van der Waals surface area contributed by atoms with E-state index in [0.717, 1.165) is 25.7 Å². The molecule has 1 aliphatic carbocycles. The van der Waals surface area contributed by atoms with E-state index in [1.165, 1.54) is 6.42 Å². The molecule has 2 rings (SSSR count). The largest absolute Gasteiger partial charge is 0.352 e. The van der Waals surface area contributed by atoms with Crippen molar-refractivity contribution in [3.63, 3.8) is 0 Å². The number of β-lactam (4-membered cyclic amide) rings is 1. The van der Waals surface area contributed by atoms with E-state index >= 15 is 0 Å². The Bertz CT molecular complexity index is 229. The van der Waals surface area contributed by atoms with Crippen LogP contribution in [0.1, 0.15) is 38.5 Å². The van der Waals surface area contributed by atoms with Gasteiger partial charge in [0.1, 0.15) is 5.78 Å². The second-order valence-corrected chi connectivity index (χ2v) is 4.05. The lowest BCUT2D eigenvalue weighted by Crippen LogP contribution is -2.54. The summed E-state index contributed by atoms with van der Waals surface area (Å²) in [6, 6.07) is 0.165. The fourth-order valence-corrected chi connectivity index (χ4v) is 2.24. The van der Waals surface area contributed by atoms with Crippen molar-refractivity contribution in [3.05, 3.63) is 0 Å². The minimum Gasteiger partial charge on any atom is -0.352 e. The van der Waals surface area contributed by atoms with E-state index in [1.807, 2.05) is 0 Å². The third-order valence-corrected chi connectivity index (χ3v) is 3.09. The van der Waals surface area contributed by atoms with Crippen molar-refractivity contribution in [2.45, 2.75) is 44.6 Å². The number of hydrogen-bond acceptors (Lipinski definition) is 2. The molecule has 0 aromatic carbocycles. The van der Waals surface area contributed by atoms with E-state index in [4.69, 9.17) is 0 Å². The minimum absolute atomic E-state index is 0.0991. The Morgan fingerprint density at radius 1 is 1.15 bits per heavy atom. The van der Waals surface area contributed by atoms with Gasteiger partial charge in [0.2, 0.25) is 5.91 Å². The molecule has 0 aromatic rings. The lowest BCUT2D eigenvalue weighted by molar-refractivity contribution is -0.133. The molecule has 1 heterocycles. The maximum Gasteiger partial charge on any atom is 0.222 e. The number of carbonyl (C=O) groups is 2. The summed E-state index contributed by atoms with van der Waals surface area (Å²) in [6.45, 7) is 0. The summed E-state index contributed by atoms with van der Waals surface area (Å²) in [7, 11) is 0. The van der Waals surface area contributed by atoms with Gasteiger partial charge in [0.25, 0.3) is 0 Å². The van der Waals surface area contributed by atoms with Gasteiger partial charge in [-0.15, -0.1) is 0 Å². The van der Waals surface area contributed by atoms with Crippen molar-refractivity contribution in [1.82, 2.24) is 5.32 Å². The highest BCUT2D eigenvalue weighted by Gasteiger charge is 2.36. The minimum atomic E-state index is 0.0991. The number of rotatable bonds is 1. The van der Waals surface area contributed by atoms with Crippen molar-refractivity contribution in [2.24, 2.45) is 5.92 Å². The normalized spacial score (nSPS) is 34.8. The highest BCUT2D eigenvalue weighted by atomic mass is 16.2. The van der Waals surface area contributed by atoms with Crippen LogP contribution in [0.25, 0.3) is 0 Å². The van der Waals surface area contributed by atoms with Crippen molar-refractivity contribution in [1.29, 1.82) is 0 Å². The van der Waals surface area contributed by atoms with Gasteiger partial charge < -0.3 is 5.32 Å². The van der Waals surface area contributed by atoms with Gasteiger partial charge in [-0.2, -0.15) is 0 Å². The second kappa shape index (κ2) is 3.48. The number of amides is 1. The zero-order chi connectivity index (χ0) is 9.26. The van der Waals surface area contributed by atoms with Crippen LogP contribution in [-0.4, -0.2) is 17.7 Å². The average Bonchev–Trinajstić information content (AvgIpc) is 2.25. The molecule has 1 N–H and O–H groups in total. The lowest BCUT2D eigenvalue weighted by atomic mass is 9.85. The molecule has 1 amide bonds. The molecule has 1 saturated carbocycles. The summed E-state index contributed by atoms with van der Waals surface area (Å²) in [5, 5.41) is 2.81. The van der Waals surface area contributed by atoms with Crippen molar-refractivity contribution in [3.8, 4) is 0 Å². The molecule has 72 valence electrons. The summed E-state index contributed by atoms with van der Waals surface area (Å²) >= 11 is 0. The maximum atomic E-state index is 11.6. The number of ketones is 1. The Labute approximate surface area is 77.9 Å². The standard InChI is InChI=1S/C10H15NO2/c12-9-5-3-1-2-4-7(9)8-6-10(13)11-8/h7-8H,1-6H2,(H,11,13)/t7-,8+/m1/s1. The third kappa shape index (κ3) is 1.74. The van der Waals surface area contributed by atoms with Gasteiger partial charge in [0, 0.05) is 24.8 Å². The molecule has 0 bridgehead atoms. The first-order valence-electron chi connectivity index (χ1n) is 5.09. The summed E-state index contributed by atoms with van der Waals surface area (Å²) in [4.78, 5) is 22.3. The summed E-state index contributed by atoms with van der Waals surface area (Å²) < 4.78 is 0. The molecular formula is C10H15NO2. The highest BCUT2D eigenvalue weighted by Crippen LogP contribution is 2.27. The summed E-state index contributed by atoms with van der Waals surface area (Å²) in [5.74, 6) is 0.588. The Balaban J connectivity index is 1.95.